The number of hydrogen-bond acceptors (Lipinski definition) is 7. The van der Waals surface area contributed by atoms with E-state index in [9.17, 15) is 27.6 Å². The highest BCUT2D eigenvalue weighted by atomic mass is 19.4. The number of carbonyl (C=O) groups excluding carboxylic acids is 3. The van der Waals surface area contributed by atoms with Crippen molar-refractivity contribution in [1.29, 1.82) is 0 Å². The predicted molar refractivity (Wildman–Crippen MR) is 139 cm³/mol. The number of nitrogens with zero attached hydrogens (tertiary/aromatic N) is 2. The zero-order chi connectivity index (χ0) is 28.7. The van der Waals surface area contributed by atoms with Gasteiger partial charge in [0.25, 0.3) is 5.91 Å². The molecule has 1 atom stereocenters. The zero-order valence-electron chi connectivity index (χ0n) is 22.3. The lowest BCUT2D eigenvalue weighted by Crippen LogP contribution is -2.43. The SMILES string of the molecule is CCOc1ccc(NC(=O)C(C)C)cc1C(=O)N(OC(=O)C(F)(F)F)C(C)c1cccc(N2CCNCC2)c1. The summed E-state index contributed by atoms with van der Waals surface area (Å²) in [4.78, 5) is 44.7. The Kier molecular flexibility index (Phi) is 9.79. The Morgan fingerprint density at radius 3 is 2.38 bits per heavy atom. The fourth-order valence-corrected chi connectivity index (χ4v) is 3.94. The van der Waals surface area contributed by atoms with Gasteiger partial charge < -0.3 is 25.1 Å². The van der Waals surface area contributed by atoms with E-state index in [2.05, 4.69) is 20.4 Å². The first-order chi connectivity index (χ1) is 18.4. The van der Waals surface area contributed by atoms with E-state index in [1.807, 2.05) is 6.07 Å². The number of ether oxygens (including phenoxy) is 1. The molecular weight excluding hydrogens is 517 g/mol. The van der Waals surface area contributed by atoms with Gasteiger partial charge in [0.2, 0.25) is 5.91 Å². The molecule has 212 valence electrons. The van der Waals surface area contributed by atoms with Gasteiger partial charge in [0.1, 0.15) is 5.75 Å². The van der Waals surface area contributed by atoms with Crippen molar-refractivity contribution in [3.63, 3.8) is 0 Å². The summed E-state index contributed by atoms with van der Waals surface area (Å²) in [7, 11) is 0. The van der Waals surface area contributed by atoms with Gasteiger partial charge in [-0.05, 0) is 49.7 Å². The molecule has 2 N–H and O–H groups in total. The number of alkyl halides is 3. The second-order valence-corrected chi connectivity index (χ2v) is 9.30. The van der Waals surface area contributed by atoms with Crippen molar-refractivity contribution < 1.29 is 37.1 Å². The maximum atomic E-state index is 13.7. The van der Waals surface area contributed by atoms with E-state index in [-0.39, 0.29) is 35.4 Å². The lowest BCUT2D eigenvalue weighted by molar-refractivity contribution is -0.234. The molecule has 2 amide bonds. The summed E-state index contributed by atoms with van der Waals surface area (Å²) in [5.41, 5.74) is 1.33. The molecule has 2 aromatic rings. The highest BCUT2D eigenvalue weighted by Crippen LogP contribution is 2.32. The molecule has 0 spiro atoms. The van der Waals surface area contributed by atoms with E-state index in [0.29, 0.717) is 10.6 Å². The Morgan fingerprint density at radius 2 is 1.77 bits per heavy atom. The van der Waals surface area contributed by atoms with Crippen LogP contribution >= 0.6 is 0 Å². The van der Waals surface area contributed by atoms with E-state index < -0.39 is 24.1 Å². The Morgan fingerprint density at radius 1 is 1.08 bits per heavy atom. The van der Waals surface area contributed by atoms with Crippen molar-refractivity contribution in [2.75, 3.05) is 43.0 Å². The molecule has 1 aliphatic heterocycles. The minimum absolute atomic E-state index is 0.0554. The number of rotatable bonds is 8. The van der Waals surface area contributed by atoms with Gasteiger partial charge >= 0.3 is 12.1 Å². The van der Waals surface area contributed by atoms with Crippen molar-refractivity contribution in [2.24, 2.45) is 5.92 Å². The van der Waals surface area contributed by atoms with Gasteiger partial charge in [-0.1, -0.05) is 26.0 Å². The molecule has 1 aliphatic rings. The number of carbonyl (C=O) groups is 3. The van der Waals surface area contributed by atoms with Crippen molar-refractivity contribution in [3.8, 4) is 5.75 Å². The third-order valence-corrected chi connectivity index (χ3v) is 6.10. The Balaban J connectivity index is 2.02. The van der Waals surface area contributed by atoms with Crippen LogP contribution in [0.5, 0.6) is 5.75 Å². The number of hydroxylamine groups is 2. The summed E-state index contributed by atoms with van der Waals surface area (Å²) in [5.74, 6) is -4.21. The van der Waals surface area contributed by atoms with Crippen LogP contribution in [0.25, 0.3) is 0 Å². The van der Waals surface area contributed by atoms with E-state index in [0.717, 1.165) is 31.9 Å². The molecule has 0 radical (unpaired) electrons. The molecule has 0 aliphatic carbocycles. The van der Waals surface area contributed by atoms with E-state index in [1.54, 1.807) is 39.0 Å². The molecule has 12 heteroatoms. The van der Waals surface area contributed by atoms with E-state index in [1.165, 1.54) is 25.1 Å². The number of nitrogens with one attached hydrogen (secondary N) is 2. The second kappa shape index (κ2) is 12.8. The summed E-state index contributed by atoms with van der Waals surface area (Å²) in [6.45, 7) is 9.68. The number of halogens is 3. The summed E-state index contributed by atoms with van der Waals surface area (Å²) < 4.78 is 45.2. The Bertz CT molecular complexity index is 1180. The number of amides is 2. The topological polar surface area (TPSA) is 100 Å². The smallest absolute Gasteiger partial charge is 0.493 e. The zero-order valence-corrected chi connectivity index (χ0v) is 22.3. The van der Waals surface area contributed by atoms with Gasteiger partial charge in [0.05, 0.1) is 18.2 Å². The largest absolute Gasteiger partial charge is 0.493 e. The van der Waals surface area contributed by atoms with Crippen LogP contribution in [-0.4, -0.2) is 61.8 Å². The molecular formula is C27H33F3N4O5. The minimum atomic E-state index is -5.34. The van der Waals surface area contributed by atoms with Crippen LogP contribution < -0.4 is 20.3 Å². The second-order valence-electron chi connectivity index (χ2n) is 9.30. The van der Waals surface area contributed by atoms with Crippen molar-refractivity contribution in [3.05, 3.63) is 53.6 Å². The molecule has 0 aromatic heterocycles. The van der Waals surface area contributed by atoms with Gasteiger partial charge in [-0.2, -0.15) is 18.2 Å². The van der Waals surface area contributed by atoms with Crippen LogP contribution in [0.3, 0.4) is 0 Å². The van der Waals surface area contributed by atoms with Crippen molar-refractivity contribution in [1.82, 2.24) is 10.4 Å². The molecule has 1 fully saturated rings. The highest BCUT2D eigenvalue weighted by Gasteiger charge is 2.44. The predicted octanol–water partition coefficient (Wildman–Crippen LogP) is 4.31. The molecule has 1 unspecified atom stereocenters. The van der Waals surface area contributed by atoms with Crippen LogP contribution in [0.4, 0.5) is 24.5 Å². The van der Waals surface area contributed by atoms with Crippen LogP contribution in [0.2, 0.25) is 0 Å². The summed E-state index contributed by atoms with van der Waals surface area (Å²) in [6, 6.07) is 10.1. The van der Waals surface area contributed by atoms with Crippen LogP contribution in [-0.2, 0) is 14.4 Å². The lowest BCUT2D eigenvalue weighted by atomic mass is 10.0. The fraction of sp³-hybridized carbons (Fsp3) is 0.444. The third-order valence-electron chi connectivity index (χ3n) is 6.10. The Hall–Kier alpha value is -3.80. The summed E-state index contributed by atoms with van der Waals surface area (Å²) in [5, 5.41) is 6.30. The van der Waals surface area contributed by atoms with Gasteiger partial charge in [-0.15, -0.1) is 0 Å². The molecule has 1 saturated heterocycles. The maximum absolute atomic E-state index is 13.7. The molecule has 2 aromatic carbocycles. The maximum Gasteiger partial charge on any atom is 0.493 e. The first-order valence-electron chi connectivity index (χ1n) is 12.7. The van der Waals surface area contributed by atoms with Crippen molar-refractivity contribution in [2.45, 2.75) is 39.9 Å². The lowest BCUT2D eigenvalue weighted by Gasteiger charge is -2.31. The van der Waals surface area contributed by atoms with Gasteiger partial charge in [-0.3, -0.25) is 9.59 Å². The molecule has 0 saturated carbocycles. The first-order valence-corrected chi connectivity index (χ1v) is 12.7. The van der Waals surface area contributed by atoms with Gasteiger partial charge in [-0.25, -0.2) is 4.79 Å². The monoisotopic (exact) mass is 550 g/mol. The minimum Gasteiger partial charge on any atom is -0.493 e. The molecule has 9 nitrogen and oxygen atoms in total. The summed E-state index contributed by atoms with van der Waals surface area (Å²) >= 11 is 0. The van der Waals surface area contributed by atoms with Crippen LogP contribution in [0.15, 0.2) is 42.5 Å². The highest BCUT2D eigenvalue weighted by molar-refractivity contribution is 6.00. The summed E-state index contributed by atoms with van der Waals surface area (Å²) in [6.07, 6.45) is -5.34. The molecule has 3 rings (SSSR count). The van der Waals surface area contributed by atoms with Gasteiger partial charge in [0, 0.05) is 43.5 Å². The number of benzene rings is 2. The molecule has 39 heavy (non-hydrogen) atoms. The number of piperazine rings is 1. The number of hydrogen-bond donors (Lipinski definition) is 2. The quantitative estimate of drug-likeness (QED) is 0.473. The van der Waals surface area contributed by atoms with Crippen LogP contribution in [0.1, 0.15) is 49.7 Å². The first kappa shape index (κ1) is 29.8. The van der Waals surface area contributed by atoms with Gasteiger partial charge in [0.15, 0.2) is 0 Å². The fourth-order valence-electron chi connectivity index (χ4n) is 3.94. The van der Waals surface area contributed by atoms with Crippen molar-refractivity contribution >= 4 is 29.2 Å². The van der Waals surface area contributed by atoms with Crippen LogP contribution in [0, 0.1) is 5.92 Å². The number of anilines is 2. The Labute approximate surface area is 225 Å². The molecule has 1 heterocycles. The van der Waals surface area contributed by atoms with E-state index in [4.69, 9.17) is 4.74 Å². The third kappa shape index (κ3) is 7.62. The average molecular weight is 551 g/mol. The molecule has 0 bridgehead atoms. The standard InChI is InChI=1S/C27H33F3N4O5/c1-5-38-23-10-9-20(32-24(35)17(2)3)16-22(23)25(36)34(39-26(37)27(28,29)30)18(4)19-7-6-8-21(15-19)33-13-11-31-12-14-33/h6-10,15-18,31H,5,11-14H2,1-4H3,(H,32,35). The average Bonchev–Trinajstić information content (AvgIpc) is 2.91. The van der Waals surface area contributed by atoms with E-state index >= 15 is 0 Å². The normalized spacial score (nSPS) is 14.5.